The molecule has 1 amide bonds. The van der Waals surface area contributed by atoms with Gasteiger partial charge in [-0.25, -0.2) is 4.98 Å². The van der Waals surface area contributed by atoms with Gasteiger partial charge in [-0.1, -0.05) is 0 Å². The molecule has 0 saturated heterocycles. The maximum Gasteiger partial charge on any atom is 0.252 e. The van der Waals surface area contributed by atoms with Crippen molar-refractivity contribution >= 4 is 21.8 Å². The van der Waals surface area contributed by atoms with Crippen molar-refractivity contribution in [2.45, 2.75) is 6.54 Å². The molecule has 2 aromatic heterocycles. The lowest BCUT2D eigenvalue weighted by Gasteiger charge is -2.09. The van der Waals surface area contributed by atoms with Crippen molar-refractivity contribution in [2.75, 3.05) is 7.11 Å². The van der Waals surface area contributed by atoms with Gasteiger partial charge in [-0.15, -0.1) is 0 Å². The Labute approximate surface area is 147 Å². The van der Waals surface area contributed by atoms with Crippen molar-refractivity contribution in [1.82, 2.24) is 15.3 Å². The highest BCUT2D eigenvalue weighted by Crippen LogP contribution is 2.23. The Balaban J connectivity index is 1.78. The van der Waals surface area contributed by atoms with E-state index in [0.29, 0.717) is 32.9 Å². The summed E-state index contributed by atoms with van der Waals surface area (Å²) in [6, 6.07) is 8.79. The van der Waals surface area contributed by atoms with Crippen LogP contribution in [0.25, 0.3) is 11.5 Å². The summed E-state index contributed by atoms with van der Waals surface area (Å²) in [4.78, 5) is 21.0. The van der Waals surface area contributed by atoms with E-state index in [1.54, 1.807) is 56.1 Å². The van der Waals surface area contributed by atoms with E-state index in [1.165, 1.54) is 0 Å². The SMILES string of the molecule is COc1ccc(Br)c(C(=O)NCc2nccnc2-c2ccco2)c1. The lowest BCUT2D eigenvalue weighted by Crippen LogP contribution is -2.24. The van der Waals surface area contributed by atoms with Crippen LogP contribution < -0.4 is 10.1 Å². The van der Waals surface area contributed by atoms with Gasteiger partial charge in [0.1, 0.15) is 11.4 Å². The molecule has 2 heterocycles. The summed E-state index contributed by atoms with van der Waals surface area (Å²) in [7, 11) is 1.56. The van der Waals surface area contributed by atoms with E-state index in [1.807, 2.05) is 0 Å². The molecule has 6 nitrogen and oxygen atoms in total. The first-order chi connectivity index (χ1) is 11.7. The van der Waals surface area contributed by atoms with Gasteiger partial charge in [0.25, 0.3) is 5.91 Å². The normalized spacial score (nSPS) is 10.4. The smallest absolute Gasteiger partial charge is 0.252 e. The van der Waals surface area contributed by atoms with E-state index in [-0.39, 0.29) is 12.5 Å². The Morgan fingerprint density at radius 2 is 2.12 bits per heavy atom. The van der Waals surface area contributed by atoms with Gasteiger partial charge in [0.15, 0.2) is 5.76 Å². The molecule has 7 heteroatoms. The lowest BCUT2D eigenvalue weighted by molar-refractivity contribution is 0.0949. The molecule has 122 valence electrons. The number of carbonyl (C=O) groups is 1. The van der Waals surface area contributed by atoms with Crippen molar-refractivity contribution in [2.24, 2.45) is 0 Å². The van der Waals surface area contributed by atoms with Gasteiger partial charge in [-0.05, 0) is 46.3 Å². The van der Waals surface area contributed by atoms with Gasteiger partial charge in [0.05, 0.1) is 31.2 Å². The Bertz CT molecular complexity index is 850. The fourth-order valence-corrected chi connectivity index (χ4v) is 2.61. The van der Waals surface area contributed by atoms with E-state index < -0.39 is 0 Å². The molecule has 0 bridgehead atoms. The van der Waals surface area contributed by atoms with Crippen LogP contribution in [0.1, 0.15) is 16.1 Å². The predicted octanol–water partition coefficient (Wildman–Crippen LogP) is 3.44. The number of carbonyl (C=O) groups excluding carboxylic acids is 1. The third-order valence-corrected chi connectivity index (χ3v) is 4.05. The minimum absolute atomic E-state index is 0.229. The number of ether oxygens (including phenoxy) is 1. The van der Waals surface area contributed by atoms with Crippen LogP contribution in [-0.4, -0.2) is 23.0 Å². The molecule has 0 unspecified atom stereocenters. The maximum absolute atomic E-state index is 12.4. The summed E-state index contributed by atoms with van der Waals surface area (Å²) in [6.07, 6.45) is 4.73. The van der Waals surface area contributed by atoms with Crippen LogP contribution in [-0.2, 0) is 6.54 Å². The summed E-state index contributed by atoms with van der Waals surface area (Å²) in [5, 5.41) is 2.84. The molecule has 0 aliphatic carbocycles. The van der Waals surface area contributed by atoms with Gasteiger partial charge in [-0.3, -0.25) is 9.78 Å². The fourth-order valence-electron chi connectivity index (χ4n) is 2.18. The zero-order valence-electron chi connectivity index (χ0n) is 12.8. The molecule has 0 aliphatic rings. The molecule has 0 spiro atoms. The molecule has 0 radical (unpaired) electrons. The number of rotatable bonds is 5. The van der Waals surface area contributed by atoms with Gasteiger partial charge in [0, 0.05) is 16.9 Å². The molecule has 24 heavy (non-hydrogen) atoms. The van der Waals surface area contributed by atoms with Gasteiger partial charge in [-0.2, -0.15) is 0 Å². The maximum atomic E-state index is 12.4. The van der Waals surface area contributed by atoms with Crippen molar-refractivity contribution in [1.29, 1.82) is 0 Å². The number of amides is 1. The zero-order valence-corrected chi connectivity index (χ0v) is 14.4. The number of hydrogen-bond donors (Lipinski definition) is 1. The highest BCUT2D eigenvalue weighted by Gasteiger charge is 2.14. The molecule has 0 saturated carbocycles. The largest absolute Gasteiger partial charge is 0.497 e. The van der Waals surface area contributed by atoms with Crippen molar-refractivity contribution < 1.29 is 13.9 Å². The van der Waals surface area contributed by atoms with Crippen molar-refractivity contribution in [3.8, 4) is 17.2 Å². The molecule has 1 aromatic carbocycles. The van der Waals surface area contributed by atoms with Crippen LogP contribution in [0.4, 0.5) is 0 Å². The number of furan rings is 1. The summed E-state index contributed by atoms with van der Waals surface area (Å²) in [5.41, 5.74) is 1.71. The minimum Gasteiger partial charge on any atom is -0.497 e. The number of nitrogens with one attached hydrogen (secondary N) is 1. The number of aromatic nitrogens is 2. The highest BCUT2D eigenvalue weighted by atomic mass is 79.9. The van der Waals surface area contributed by atoms with Crippen LogP contribution in [0.5, 0.6) is 5.75 Å². The van der Waals surface area contributed by atoms with E-state index in [4.69, 9.17) is 9.15 Å². The molecular weight excluding hydrogens is 374 g/mol. The number of halogens is 1. The predicted molar refractivity (Wildman–Crippen MR) is 91.6 cm³/mol. The Morgan fingerprint density at radius 3 is 2.88 bits per heavy atom. The Kier molecular flexibility index (Phi) is 4.90. The van der Waals surface area contributed by atoms with E-state index >= 15 is 0 Å². The highest BCUT2D eigenvalue weighted by molar-refractivity contribution is 9.10. The van der Waals surface area contributed by atoms with Gasteiger partial charge < -0.3 is 14.5 Å². The first-order valence-electron chi connectivity index (χ1n) is 7.14. The summed E-state index contributed by atoms with van der Waals surface area (Å²) in [6.45, 7) is 0.229. The average Bonchev–Trinajstić information content (AvgIpc) is 3.15. The topological polar surface area (TPSA) is 77.2 Å². The molecule has 0 atom stereocenters. The van der Waals surface area contributed by atoms with E-state index in [2.05, 4.69) is 31.2 Å². The number of benzene rings is 1. The number of methoxy groups -OCH3 is 1. The van der Waals surface area contributed by atoms with Crippen LogP contribution >= 0.6 is 15.9 Å². The van der Waals surface area contributed by atoms with Gasteiger partial charge >= 0.3 is 0 Å². The van der Waals surface area contributed by atoms with Crippen LogP contribution in [0.15, 0.2) is 57.9 Å². The Hall–Kier alpha value is -2.67. The quantitative estimate of drug-likeness (QED) is 0.725. The summed E-state index contributed by atoms with van der Waals surface area (Å²) < 4.78 is 11.2. The van der Waals surface area contributed by atoms with Gasteiger partial charge in [0.2, 0.25) is 0 Å². The molecule has 0 fully saturated rings. The van der Waals surface area contributed by atoms with Crippen molar-refractivity contribution in [3.63, 3.8) is 0 Å². The standard InChI is InChI=1S/C17H14BrN3O3/c1-23-11-4-5-13(18)12(9-11)17(22)21-10-14-16(20-7-6-19-14)15-3-2-8-24-15/h2-9H,10H2,1H3,(H,21,22). The lowest BCUT2D eigenvalue weighted by atomic mass is 10.2. The zero-order chi connectivity index (χ0) is 16.9. The molecule has 3 rings (SSSR count). The summed E-state index contributed by atoms with van der Waals surface area (Å²) in [5.74, 6) is 0.978. The first-order valence-corrected chi connectivity index (χ1v) is 7.94. The molecule has 1 N–H and O–H groups in total. The Morgan fingerprint density at radius 1 is 1.29 bits per heavy atom. The third-order valence-electron chi connectivity index (χ3n) is 3.36. The molecule has 3 aromatic rings. The average molecular weight is 388 g/mol. The number of nitrogens with zero attached hydrogens (tertiary/aromatic N) is 2. The summed E-state index contributed by atoms with van der Waals surface area (Å²) >= 11 is 3.37. The second kappa shape index (κ2) is 7.27. The second-order valence-electron chi connectivity index (χ2n) is 4.86. The number of hydrogen-bond acceptors (Lipinski definition) is 5. The second-order valence-corrected chi connectivity index (χ2v) is 5.71. The first kappa shape index (κ1) is 16.2. The molecule has 0 aliphatic heterocycles. The monoisotopic (exact) mass is 387 g/mol. The van der Waals surface area contributed by atoms with E-state index in [9.17, 15) is 4.79 Å². The third kappa shape index (κ3) is 3.46. The van der Waals surface area contributed by atoms with Crippen LogP contribution in [0.3, 0.4) is 0 Å². The van der Waals surface area contributed by atoms with E-state index in [0.717, 1.165) is 0 Å². The molecular formula is C17H14BrN3O3. The fraction of sp³-hybridized carbons (Fsp3) is 0.118. The van der Waals surface area contributed by atoms with Crippen molar-refractivity contribution in [3.05, 3.63) is 64.7 Å². The minimum atomic E-state index is -0.239. The van der Waals surface area contributed by atoms with Crippen LogP contribution in [0, 0.1) is 0 Å². The van der Waals surface area contributed by atoms with Crippen LogP contribution in [0.2, 0.25) is 0 Å².